The summed E-state index contributed by atoms with van der Waals surface area (Å²) in [5.41, 5.74) is 1.79. The molecular weight excluding hydrogens is 397 g/mol. The van der Waals surface area contributed by atoms with Crippen LogP contribution in [0.3, 0.4) is 0 Å². The Morgan fingerprint density at radius 2 is 1.80 bits per heavy atom. The lowest BCUT2D eigenvalue weighted by Crippen LogP contribution is -2.30. The molecule has 0 aliphatic carbocycles. The highest BCUT2D eigenvalue weighted by molar-refractivity contribution is 8.26. The average molecular weight is 410 g/mol. The van der Waals surface area contributed by atoms with Gasteiger partial charge >= 0.3 is 0 Å². The van der Waals surface area contributed by atoms with E-state index in [1.54, 1.807) is 23.1 Å². The molecule has 1 saturated heterocycles. The number of amides is 1. The molecule has 1 aliphatic rings. The Hall–Kier alpha value is -1.53. The van der Waals surface area contributed by atoms with Crippen LogP contribution in [0.2, 0.25) is 10.0 Å². The van der Waals surface area contributed by atoms with Crippen molar-refractivity contribution < 1.29 is 9.90 Å². The van der Waals surface area contributed by atoms with Crippen molar-refractivity contribution in [3.63, 3.8) is 0 Å². The van der Waals surface area contributed by atoms with E-state index in [1.165, 1.54) is 11.8 Å². The molecule has 0 saturated carbocycles. The summed E-state index contributed by atoms with van der Waals surface area (Å²) in [5.74, 6) is -0.304. The third kappa shape index (κ3) is 4.18. The van der Waals surface area contributed by atoms with Gasteiger partial charge in [0.25, 0.3) is 5.91 Å². The van der Waals surface area contributed by atoms with Gasteiger partial charge in [-0.05, 0) is 35.8 Å². The summed E-state index contributed by atoms with van der Waals surface area (Å²) < 4.78 is 0.531. The SMILES string of the molecule is O=C1/C(=C/c2cc(Cl)c(O)c(Cl)c2)SC(=S)N1CCc1ccccc1. The Morgan fingerprint density at radius 3 is 2.44 bits per heavy atom. The molecule has 2 aromatic rings. The molecule has 25 heavy (non-hydrogen) atoms. The normalized spacial score (nSPS) is 16.1. The van der Waals surface area contributed by atoms with E-state index in [9.17, 15) is 9.90 Å². The molecule has 1 fully saturated rings. The smallest absolute Gasteiger partial charge is 0.266 e. The molecule has 0 unspecified atom stereocenters. The van der Waals surface area contributed by atoms with E-state index < -0.39 is 0 Å². The van der Waals surface area contributed by atoms with Gasteiger partial charge in [0, 0.05) is 6.54 Å². The minimum Gasteiger partial charge on any atom is -0.505 e. The lowest BCUT2D eigenvalue weighted by atomic mass is 10.1. The van der Waals surface area contributed by atoms with Crippen molar-refractivity contribution >= 4 is 63.5 Å². The summed E-state index contributed by atoms with van der Waals surface area (Å²) >= 11 is 18.4. The Labute approximate surface area is 165 Å². The zero-order valence-corrected chi connectivity index (χ0v) is 16.1. The van der Waals surface area contributed by atoms with Crippen molar-refractivity contribution in [2.24, 2.45) is 0 Å². The van der Waals surface area contributed by atoms with Crippen LogP contribution in [0.4, 0.5) is 0 Å². The van der Waals surface area contributed by atoms with Gasteiger partial charge in [0.15, 0.2) is 5.75 Å². The van der Waals surface area contributed by atoms with Gasteiger partial charge in [0.05, 0.1) is 15.0 Å². The van der Waals surface area contributed by atoms with Crippen molar-refractivity contribution in [1.29, 1.82) is 0 Å². The highest BCUT2D eigenvalue weighted by Gasteiger charge is 2.31. The van der Waals surface area contributed by atoms with E-state index in [0.717, 1.165) is 12.0 Å². The number of nitrogens with zero attached hydrogens (tertiary/aromatic N) is 1. The summed E-state index contributed by atoms with van der Waals surface area (Å²) in [6, 6.07) is 13.1. The van der Waals surface area contributed by atoms with Crippen LogP contribution in [0, 0.1) is 0 Å². The summed E-state index contributed by atoms with van der Waals surface area (Å²) in [4.78, 5) is 14.7. The quantitative estimate of drug-likeness (QED) is 0.560. The lowest BCUT2D eigenvalue weighted by Gasteiger charge is -2.14. The Bertz CT molecular complexity index is 846. The molecular formula is C18H13Cl2NO2S2. The number of aromatic hydroxyl groups is 1. The van der Waals surface area contributed by atoms with E-state index in [0.29, 0.717) is 21.3 Å². The molecule has 1 heterocycles. The maximum Gasteiger partial charge on any atom is 0.266 e. The first-order chi connectivity index (χ1) is 12.0. The van der Waals surface area contributed by atoms with Crippen LogP contribution in [-0.2, 0) is 11.2 Å². The largest absolute Gasteiger partial charge is 0.505 e. The van der Waals surface area contributed by atoms with Gasteiger partial charge in [-0.25, -0.2) is 0 Å². The first-order valence-electron chi connectivity index (χ1n) is 7.43. The summed E-state index contributed by atoms with van der Waals surface area (Å²) in [6.07, 6.45) is 2.41. The van der Waals surface area contributed by atoms with Crippen molar-refractivity contribution in [1.82, 2.24) is 4.90 Å². The van der Waals surface area contributed by atoms with Crippen LogP contribution < -0.4 is 0 Å². The molecule has 128 valence electrons. The number of carbonyl (C=O) groups is 1. The second-order valence-electron chi connectivity index (χ2n) is 5.40. The Balaban J connectivity index is 1.76. The monoisotopic (exact) mass is 409 g/mol. The number of carbonyl (C=O) groups excluding carboxylic acids is 1. The fourth-order valence-electron chi connectivity index (χ4n) is 2.40. The van der Waals surface area contributed by atoms with Crippen LogP contribution in [0.1, 0.15) is 11.1 Å². The van der Waals surface area contributed by atoms with Crippen molar-refractivity contribution in [2.45, 2.75) is 6.42 Å². The van der Waals surface area contributed by atoms with E-state index in [2.05, 4.69) is 0 Å². The number of hydrogen-bond donors (Lipinski definition) is 1. The maximum absolute atomic E-state index is 12.6. The third-order valence-corrected chi connectivity index (χ3v) is 5.63. The number of benzene rings is 2. The zero-order valence-electron chi connectivity index (χ0n) is 12.9. The number of phenolic OH excluding ortho intramolecular Hbond substituents is 1. The second-order valence-corrected chi connectivity index (χ2v) is 7.89. The molecule has 3 nitrogen and oxygen atoms in total. The molecule has 0 atom stereocenters. The van der Waals surface area contributed by atoms with Gasteiger partial charge in [-0.3, -0.25) is 9.69 Å². The van der Waals surface area contributed by atoms with E-state index in [4.69, 9.17) is 35.4 Å². The highest BCUT2D eigenvalue weighted by Crippen LogP contribution is 2.36. The molecule has 1 amide bonds. The average Bonchev–Trinajstić information content (AvgIpc) is 2.85. The summed E-state index contributed by atoms with van der Waals surface area (Å²) in [6.45, 7) is 0.531. The van der Waals surface area contributed by atoms with E-state index >= 15 is 0 Å². The van der Waals surface area contributed by atoms with Gasteiger partial charge < -0.3 is 5.11 Å². The van der Waals surface area contributed by atoms with Crippen molar-refractivity contribution in [3.8, 4) is 5.75 Å². The molecule has 0 radical (unpaired) electrons. The first-order valence-corrected chi connectivity index (χ1v) is 9.41. The number of phenols is 1. The highest BCUT2D eigenvalue weighted by atomic mass is 35.5. The number of halogens is 2. The van der Waals surface area contributed by atoms with Gasteiger partial charge in [0.1, 0.15) is 4.32 Å². The topological polar surface area (TPSA) is 40.5 Å². The number of thiocarbonyl (C=S) groups is 1. The van der Waals surface area contributed by atoms with Crippen LogP contribution in [-0.4, -0.2) is 26.8 Å². The maximum atomic E-state index is 12.6. The standard InChI is InChI=1S/C18H13Cl2NO2S2/c19-13-8-12(9-14(20)16(13)22)10-15-17(23)21(18(24)25-15)7-6-11-4-2-1-3-5-11/h1-5,8-10,22H,6-7H2/b15-10-. The van der Waals surface area contributed by atoms with Crippen LogP contribution in [0.25, 0.3) is 6.08 Å². The number of thioether (sulfide) groups is 1. The van der Waals surface area contributed by atoms with Crippen molar-refractivity contribution in [2.75, 3.05) is 6.54 Å². The number of rotatable bonds is 4. The predicted octanol–water partition coefficient (Wildman–Crippen LogP) is 5.14. The number of hydrogen-bond acceptors (Lipinski definition) is 4. The van der Waals surface area contributed by atoms with Crippen molar-refractivity contribution in [3.05, 3.63) is 68.5 Å². The molecule has 0 spiro atoms. The first kappa shape index (κ1) is 18.3. The van der Waals surface area contributed by atoms with Crippen LogP contribution in [0.5, 0.6) is 5.75 Å². The second kappa shape index (κ2) is 7.79. The van der Waals surface area contributed by atoms with Crippen LogP contribution in [0.15, 0.2) is 47.4 Å². The van der Waals surface area contributed by atoms with Gasteiger partial charge in [-0.1, -0.05) is 77.5 Å². The lowest BCUT2D eigenvalue weighted by molar-refractivity contribution is -0.122. The zero-order chi connectivity index (χ0) is 18.0. The molecule has 3 rings (SSSR count). The Morgan fingerprint density at radius 1 is 1.16 bits per heavy atom. The van der Waals surface area contributed by atoms with E-state index in [-0.39, 0.29) is 21.7 Å². The predicted molar refractivity (Wildman–Crippen MR) is 108 cm³/mol. The molecule has 7 heteroatoms. The van der Waals surface area contributed by atoms with Gasteiger partial charge in [0.2, 0.25) is 0 Å². The molecule has 1 N–H and O–H groups in total. The fraction of sp³-hybridized carbons (Fsp3) is 0.111. The molecule has 0 bridgehead atoms. The third-order valence-electron chi connectivity index (χ3n) is 3.68. The van der Waals surface area contributed by atoms with E-state index in [1.807, 2.05) is 30.3 Å². The minimum atomic E-state index is -0.170. The molecule has 1 aliphatic heterocycles. The van der Waals surface area contributed by atoms with Crippen LogP contribution >= 0.6 is 47.2 Å². The molecule has 2 aromatic carbocycles. The van der Waals surface area contributed by atoms with Gasteiger partial charge in [-0.15, -0.1) is 0 Å². The summed E-state index contributed by atoms with van der Waals surface area (Å²) in [5, 5.41) is 9.89. The fourth-order valence-corrected chi connectivity index (χ4v) is 4.21. The Kier molecular flexibility index (Phi) is 5.69. The summed E-state index contributed by atoms with van der Waals surface area (Å²) in [7, 11) is 0. The van der Waals surface area contributed by atoms with Gasteiger partial charge in [-0.2, -0.15) is 0 Å². The molecule has 0 aromatic heterocycles. The minimum absolute atomic E-state index is 0.133.